The van der Waals surface area contributed by atoms with Crippen molar-refractivity contribution in [2.45, 2.75) is 46.6 Å². The summed E-state index contributed by atoms with van der Waals surface area (Å²) in [6.45, 7) is 11.0. The molecule has 2 amide bonds. The van der Waals surface area contributed by atoms with Crippen LogP contribution in [0.25, 0.3) is 0 Å². The summed E-state index contributed by atoms with van der Waals surface area (Å²) in [6, 6.07) is 6.31. The van der Waals surface area contributed by atoms with Crippen LogP contribution < -0.4 is 5.32 Å². The van der Waals surface area contributed by atoms with E-state index in [0.29, 0.717) is 19.6 Å². The zero-order valence-corrected chi connectivity index (χ0v) is 13.9. The molecule has 0 saturated heterocycles. The highest BCUT2D eigenvalue weighted by Crippen LogP contribution is 2.09. The minimum Gasteiger partial charge on any atom is -0.389 e. The lowest BCUT2D eigenvalue weighted by molar-refractivity contribution is 0.0480. The zero-order valence-electron chi connectivity index (χ0n) is 13.9. The molecule has 1 rings (SSSR count). The molecule has 0 bridgehead atoms. The second-order valence-electron chi connectivity index (χ2n) is 6.30. The van der Waals surface area contributed by atoms with Crippen molar-refractivity contribution in [3.63, 3.8) is 0 Å². The number of aryl methyl sites for hydroxylation is 2. The monoisotopic (exact) mass is 292 g/mol. The maximum atomic E-state index is 12.1. The Labute approximate surface area is 128 Å². The highest BCUT2D eigenvalue weighted by molar-refractivity contribution is 5.74. The average molecular weight is 292 g/mol. The van der Waals surface area contributed by atoms with Crippen LogP contribution in [-0.4, -0.2) is 41.3 Å². The van der Waals surface area contributed by atoms with Gasteiger partial charge in [-0.15, -0.1) is 0 Å². The fourth-order valence-electron chi connectivity index (χ4n) is 2.43. The van der Waals surface area contributed by atoms with Gasteiger partial charge in [0.05, 0.1) is 12.1 Å². The summed E-state index contributed by atoms with van der Waals surface area (Å²) >= 11 is 0. The van der Waals surface area contributed by atoms with E-state index >= 15 is 0 Å². The fourth-order valence-corrected chi connectivity index (χ4v) is 2.43. The van der Waals surface area contributed by atoms with Gasteiger partial charge in [0.15, 0.2) is 0 Å². The van der Waals surface area contributed by atoms with Gasteiger partial charge in [0.25, 0.3) is 0 Å². The van der Waals surface area contributed by atoms with Gasteiger partial charge in [0.2, 0.25) is 0 Å². The molecule has 0 aliphatic rings. The number of hydrogen-bond donors (Lipinski definition) is 2. The molecule has 0 radical (unpaired) electrons. The van der Waals surface area contributed by atoms with Crippen molar-refractivity contribution in [2.24, 2.45) is 0 Å². The first-order chi connectivity index (χ1) is 9.71. The van der Waals surface area contributed by atoms with Gasteiger partial charge < -0.3 is 15.3 Å². The van der Waals surface area contributed by atoms with Gasteiger partial charge in [0.1, 0.15) is 0 Å². The van der Waals surface area contributed by atoms with Crippen molar-refractivity contribution in [3.8, 4) is 0 Å². The van der Waals surface area contributed by atoms with E-state index in [1.807, 2.05) is 6.92 Å². The Morgan fingerprint density at radius 1 is 1.24 bits per heavy atom. The van der Waals surface area contributed by atoms with E-state index in [-0.39, 0.29) is 6.03 Å². The first-order valence-corrected chi connectivity index (χ1v) is 7.53. The predicted molar refractivity (Wildman–Crippen MR) is 86.6 cm³/mol. The number of carbonyl (C=O) groups is 1. The molecule has 0 aliphatic carbocycles. The van der Waals surface area contributed by atoms with Gasteiger partial charge in [0, 0.05) is 13.1 Å². The molecule has 2 N–H and O–H groups in total. The van der Waals surface area contributed by atoms with Crippen LogP contribution in [0.2, 0.25) is 0 Å². The van der Waals surface area contributed by atoms with Gasteiger partial charge in [-0.2, -0.15) is 0 Å². The van der Waals surface area contributed by atoms with Crippen molar-refractivity contribution in [2.75, 3.05) is 19.6 Å². The Morgan fingerprint density at radius 2 is 1.81 bits per heavy atom. The number of aliphatic hydroxyl groups is 1. The minimum absolute atomic E-state index is 0.121. The Morgan fingerprint density at radius 3 is 2.29 bits per heavy atom. The van der Waals surface area contributed by atoms with E-state index in [1.54, 1.807) is 18.7 Å². The molecule has 4 nitrogen and oxygen atoms in total. The van der Waals surface area contributed by atoms with Gasteiger partial charge in [-0.1, -0.05) is 29.3 Å². The van der Waals surface area contributed by atoms with E-state index in [2.05, 4.69) is 37.4 Å². The summed E-state index contributed by atoms with van der Waals surface area (Å²) in [5, 5.41) is 12.7. The smallest absolute Gasteiger partial charge is 0.317 e. The van der Waals surface area contributed by atoms with E-state index in [0.717, 1.165) is 6.42 Å². The molecule has 0 aromatic heterocycles. The van der Waals surface area contributed by atoms with E-state index < -0.39 is 5.60 Å². The van der Waals surface area contributed by atoms with Gasteiger partial charge in [-0.25, -0.2) is 4.79 Å². The third-order valence-corrected chi connectivity index (χ3v) is 3.22. The molecule has 4 heteroatoms. The van der Waals surface area contributed by atoms with Gasteiger partial charge in [-0.05, 0) is 46.6 Å². The topological polar surface area (TPSA) is 52.6 Å². The summed E-state index contributed by atoms with van der Waals surface area (Å²) in [5.41, 5.74) is 2.85. The van der Waals surface area contributed by atoms with Gasteiger partial charge in [-0.3, -0.25) is 0 Å². The van der Waals surface area contributed by atoms with Crippen LogP contribution in [0, 0.1) is 13.8 Å². The first-order valence-electron chi connectivity index (χ1n) is 7.53. The summed E-state index contributed by atoms with van der Waals surface area (Å²) in [5.74, 6) is 0. The van der Waals surface area contributed by atoms with Gasteiger partial charge >= 0.3 is 6.03 Å². The van der Waals surface area contributed by atoms with E-state index in [1.165, 1.54) is 16.7 Å². The molecule has 0 heterocycles. The molecule has 118 valence electrons. The highest BCUT2D eigenvalue weighted by atomic mass is 16.3. The first kappa shape index (κ1) is 17.5. The number of hydrogen-bond acceptors (Lipinski definition) is 2. The van der Waals surface area contributed by atoms with Crippen LogP contribution in [0.4, 0.5) is 4.79 Å². The van der Waals surface area contributed by atoms with E-state index in [9.17, 15) is 9.90 Å². The largest absolute Gasteiger partial charge is 0.389 e. The summed E-state index contributed by atoms with van der Waals surface area (Å²) in [7, 11) is 0. The summed E-state index contributed by atoms with van der Waals surface area (Å²) < 4.78 is 0. The predicted octanol–water partition coefficient (Wildman–Crippen LogP) is 2.65. The van der Waals surface area contributed by atoms with Crippen molar-refractivity contribution in [1.82, 2.24) is 10.2 Å². The Bertz CT molecular complexity index is 458. The second kappa shape index (κ2) is 7.46. The van der Waals surface area contributed by atoms with Crippen molar-refractivity contribution < 1.29 is 9.90 Å². The molecule has 0 aliphatic heterocycles. The quantitative estimate of drug-likeness (QED) is 0.847. The molecule has 0 fully saturated rings. The lowest BCUT2D eigenvalue weighted by atomic mass is 10.1. The standard InChI is InChI=1S/C17H28N2O2/c1-6-19(12-17(4,5)21)16(20)18-8-7-15-10-13(2)9-14(3)11-15/h9-11,21H,6-8,12H2,1-5H3,(H,18,20). The number of amides is 2. The van der Waals surface area contributed by atoms with Crippen LogP contribution in [0.3, 0.4) is 0 Å². The summed E-state index contributed by atoms with van der Waals surface area (Å²) in [6.07, 6.45) is 0.814. The molecule has 1 aromatic carbocycles. The van der Waals surface area contributed by atoms with Crippen LogP contribution in [0.5, 0.6) is 0 Å². The number of rotatable bonds is 6. The third kappa shape index (κ3) is 6.63. The van der Waals surface area contributed by atoms with Crippen molar-refractivity contribution in [1.29, 1.82) is 0 Å². The number of carbonyl (C=O) groups excluding carboxylic acids is 1. The zero-order chi connectivity index (χ0) is 16.0. The van der Waals surface area contributed by atoms with Crippen LogP contribution in [0.15, 0.2) is 18.2 Å². The normalized spacial score (nSPS) is 11.3. The Balaban J connectivity index is 2.48. The maximum Gasteiger partial charge on any atom is 0.317 e. The minimum atomic E-state index is -0.874. The Kier molecular flexibility index (Phi) is 6.21. The van der Waals surface area contributed by atoms with Crippen LogP contribution in [-0.2, 0) is 6.42 Å². The van der Waals surface area contributed by atoms with E-state index in [4.69, 9.17) is 0 Å². The maximum absolute atomic E-state index is 12.1. The highest BCUT2D eigenvalue weighted by Gasteiger charge is 2.20. The molecule has 0 spiro atoms. The molecule has 0 saturated carbocycles. The number of urea groups is 1. The Hall–Kier alpha value is -1.55. The molecule has 1 aromatic rings. The molecular weight excluding hydrogens is 264 g/mol. The van der Waals surface area contributed by atoms with Crippen LogP contribution in [0.1, 0.15) is 37.5 Å². The lowest BCUT2D eigenvalue weighted by Gasteiger charge is -2.28. The van der Waals surface area contributed by atoms with Crippen molar-refractivity contribution in [3.05, 3.63) is 34.9 Å². The van der Waals surface area contributed by atoms with Crippen LogP contribution >= 0.6 is 0 Å². The molecule has 21 heavy (non-hydrogen) atoms. The molecular formula is C17H28N2O2. The lowest BCUT2D eigenvalue weighted by Crippen LogP contribution is -2.47. The molecule has 0 atom stereocenters. The van der Waals surface area contributed by atoms with Crippen molar-refractivity contribution >= 4 is 6.03 Å². The second-order valence-corrected chi connectivity index (χ2v) is 6.30. The fraction of sp³-hybridized carbons (Fsp3) is 0.588. The number of benzene rings is 1. The SMILES string of the molecule is CCN(CC(C)(C)O)C(=O)NCCc1cc(C)cc(C)c1. The molecule has 0 unspecified atom stereocenters. The third-order valence-electron chi connectivity index (χ3n) is 3.22. The average Bonchev–Trinajstić information content (AvgIpc) is 2.33. The number of nitrogens with zero attached hydrogens (tertiary/aromatic N) is 1. The number of nitrogens with one attached hydrogen (secondary N) is 1. The summed E-state index contributed by atoms with van der Waals surface area (Å²) in [4.78, 5) is 13.7. The number of likely N-dealkylation sites (N-methyl/N-ethyl adjacent to an activating group) is 1.